The van der Waals surface area contributed by atoms with Crippen LogP contribution in [0, 0.1) is 11.7 Å². The lowest BCUT2D eigenvalue weighted by Gasteiger charge is -2.20. The maximum absolute atomic E-state index is 14.5. The molecule has 0 N–H and O–H groups in total. The zero-order valence-corrected chi connectivity index (χ0v) is 15.9. The summed E-state index contributed by atoms with van der Waals surface area (Å²) < 4.78 is 55.5. The number of rotatable bonds is 3. The van der Waals surface area contributed by atoms with Crippen molar-refractivity contribution in [3.63, 3.8) is 0 Å². The first-order chi connectivity index (χ1) is 14.2. The quantitative estimate of drug-likeness (QED) is 0.340. The molecule has 4 rings (SSSR count). The van der Waals surface area contributed by atoms with Gasteiger partial charge in [0, 0.05) is 29.2 Å². The minimum Gasteiger partial charge on any atom is -0.298 e. The molecule has 5 nitrogen and oxygen atoms in total. The predicted octanol–water partition coefficient (Wildman–Crippen LogP) is 4.64. The number of pyridine rings is 2. The number of hydrogen-bond donors (Lipinski definition) is 0. The highest BCUT2D eigenvalue weighted by Crippen LogP contribution is 2.35. The Balaban J connectivity index is 1.91. The van der Waals surface area contributed by atoms with Crippen molar-refractivity contribution in [1.82, 2.24) is 9.97 Å². The Morgan fingerprint density at radius 3 is 2.40 bits per heavy atom. The number of thiophene rings is 1. The van der Waals surface area contributed by atoms with Gasteiger partial charge >= 0.3 is 6.18 Å². The molecule has 30 heavy (non-hydrogen) atoms. The zero-order valence-electron chi connectivity index (χ0n) is 15.1. The molecule has 1 aliphatic carbocycles. The second kappa shape index (κ2) is 7.35. The van der Waals surface area contributed by atoms with Crippen molar-refractivity contribution < 1.29 is 31.9 Å². The number of hydrogen-bond acceptors (Lipinski definition) is 6. The molecular weight excluding hydrogens is 424 g/mol. The molecule has 0 aliphatic heterocycles. The van der Waals surface area contributed by atoms with Crippen LogP contribution >= 0.6 is 11.3 Å². The van der Waals surface area contributed by atoms with E-state index in [2.05, 4.69) is 9.97 Å². The molecule has 0 atom stereocenters. The Morgan fingerprint density at radius 2 is 1.80 bits per heavy atom. The number of aromatic nitrogens is 2. The van der Waals surface area contributed by atoms with E-state index < -0.39 is 52.2 Å². The van der Waals surface area contributed by atoms with Crippen molar-refractivity contribution in [2.75, 3.05) is 0 Å². The van der Waals surface area contributed by atoms with Crippen LogP contribution in [-0.2, 0) is 15.8 Å². The van der Waals surface area contributed by atoms with Gasteiger partial charge < -0.3 is 0 Å². The second-order valence-corrected chi connectivity index (χ2v) is 7.62. The number of nitrogens with zero attached hydrogens (tertiary/aromatic N) is 2. The van der Waals surface area contributed by atoms with Gasteiger partial charge in [0.1, 0.15) is 17.4 Å². The van der Waals surface area contributed by atoms with Crippen LogP contribution in [0.1, 0.15) is 35.3 Å². The van der Waals surface area contributed by atoms with E-state index >= 15 is 0 Å². The van der Waals surface area contributed by atoms with Crippen LogP contribution in [-0.4, -0.2) is 27.3 Å². The third kappa shape index (κ3) is 3.51. The van der Waals surface area contributed by atoms with Gasteiger partial charge in [-0.05, 0) is 30.0 Å². The normalized spacial score (nSPS) is 15.7. The van der Waals surface area contributed by atoms with Gasteiger partial charge in [-0.15, -0.1) is 0 Å². The first-order valence-electron chi connectivity index (χ1n) is 8.87. The predicted molar refractivity (Wildman–Crippen MR) is 99.5 cm³/mol. The van der Waals surface area contributed by atoms with Crippen LogP contribution in [0.3, 0.4) is 0 Å². The molecule has 154 valence electrons. The molecule has 3 heterocycles. The van der Waals surface area contributed by atoms with Crippen LogP contribution in [0.25, 0.3) is 22.3 Å². The third-order valence-corrected chi connectivity index (χ3v) is 5.52. The maximum atomic E-state index is 14.5. The number of alkyl halides is 3. The number of ketones is 3. The van der Waals surface area contributed by atoms with Gasteiger partial charge in [0.2, 0.25) is 0 Å². The Labute approximate surface area is 170 Å². The number of halogens is 4. The summed E-state index contributed by atoms with van der Waals surface area (Å²) in [6, 6.07) is 3.30. The summed E-state index contributed by atoms with van der Waals surface area (Å²) in [7, 11) is 0. The fraction of sp³-hybridized carbons (Fsp3) is 0.250. The fourth-order valence-corrected chi connectivity index (χ4v) is 4.08. The Kier molecular flexibility index (Phi) is 4.97. The van der Waals surface area contributed by atoms with Crippen LogP contribution < -0.4 is 0 Å². The highest BCUT2D eigenvalue weighted by atomic mass is 32.1. The van der Waals surface area contributed by atoms with E-state index in [0.29, 0.717) is 5.56 Å². The summed E-state index contributed by atoms with van der Waals surface area (Å²) in [5, 5.41) is 3.11. The van der Waals surface area contributed by atoms with Crippen molar-refractivity contribution in [3.05, 3.63) is 46.0 Å². The molecule has 0 bridgehead atoms. The van der Waals surface area contributed by atoms with Crippen molar-refractivity contribution in [3.8, 4) is 11.3 Å². The lowest BCUT2D eigenvalue weighted by molar-refractivity contribution is -0.142. The standard InChI is InChI=1S/C20H12F4N2O3S/c21-12-7-10-6-11(17(29)15-13(27)2-1-3-14(15)28)18(20(22,23)24)26-19(10)25-16(12)9-4-5-30-8-9/h4-8,15H,1-3H2. The molecule has 0 radical (unpaired) electrons. The van der Waals surface area contributed by atoms with E-state index in [-0.39, 0.29) is 30.3 Å². The van der Waals surface area contributed by atoms with Crippen LogP contribution in [0.5, 0.6) is 0 Å². The topological polar surface area (TPSA) is 77.0 Å². The first kappa shape index (κ1) is 20.3. The van der Waals surface area contributed by atoms with E-state index in [9.17, 15) is 31.9 Å². The van der Waals surface area contributed by atoms with E-state index in [1.807, 2.05) is 0 Å². The second-order valence-electron chi connectivity index (χ2n) is 6.84. The lowest BCUT2D eigenvalue weighted by atomic mass is 9.81. The molecular formula is C20H12F4N2O3S. The van der Waals surface area contributed by atoms with Gasteiger partial charge in [-0.2, -0.15) is 24.5 Å². The number of fused-ring (bicyclic) bond motifs is 1. The number of carbonyl (C=O) groups is 3. The summed E-state index contributed by atoms with van der Waals surface area (Å²) >= 11 is 1.26. The van der Waals surface area contributed by atoms with Crippen molar-refractivity contribution in [1.29, 1.82) is 0 Å². The Morgan fingerprint density at radius 1 is 1.10 bits per heavy atom. The summed E-state index contributed by atoms with van der Waals surface area (Å²) in [6.07, 6.45) is -4.92. The Bertz CT molecular complexity index is 1170. The summed E-state index contributed by atoms with van der Waals surface area (Å²) in [4.78, 5) is 44.3. The summed E-state index contributed by atoms with van der Waals surface area (Å²) in [6.45, 7) is 0. The van der Waals surface area contributed by atoms with E-state index in [1.165, 1.54) is 11.3 Å². The zero-order chi connectivity index (χ0) is 21.6. The highest BCUT2D eigenvalue weighted by molar-refractivity contribution is 7.08. The third-order valence-electron chi connectivity index (χ3n) is 4.84. The molecule has 3 aromatic heterocycles. The molecule has 10 heteroatoms. The first-order valence-corrected chi connectivity index (χ1v) is 9.82. The monoisotopic (exact) mass is 436 g/mol. The van der Waals surface area contributed by atoms with Crippen LogP contribution in [0.2, 0.25) is 0 Å². The van der Waals surface area contributed by atoms with Crippen LogP contribution in [0.15, 0.2) is 29.0 Å². The van der Waals surface area contributed by atoms with E-state index in [1.54, 1.807) is 16.8 Å². The van der Waals surface area contributed by atoms with E-state index in [4.69, 9.17) is 0 Å². The molecule has 0 spiro atoms. The van der Waals surface area contributed by atoms with E-state index in [0.717, 1.165) is 12.1 Å². The fourth-order valence-electron chi connectivity index (χ4n) is 3.44. The lowest BCUT2D eigenvalue weighted by Crippen LogP contribution is -2.36. The molecule has 3 aromatic rings. The van der Waals surface area contributed by atoms with Gasteiger partial charge in [-0.1, -0.05) is 0 Å². The van der Waals surface area contributed by atoms with Crippen molar-refractivity contribution >= 4 is 39.7 Å². The summed E-state index contributed by atoms with van der Waals surface area (Å²) in [5.74, 6) is -5.30. The smallest absolute Gasteiger partial charge is 0.298 e. The molecule has 0 amide bonds. The Hall–Kier alpha value is -3.01. The van der Waals surface area contributed by atoms with Gasteiger partial charge in [0.05, 0.1) is 5.56 Å². The molecule has 1 fully saturated rings. The van der Waals surface area contributed by atoms with Crippen LogP contribution in [0.4, 0.5) is 17.6 Å². The minimum absolute atomic E-state index is 0.0648. The number of carbonyl (C=O) groups excluding carboxylic acids is 3. The van der Waals surface area contributed by atoms with Crippen molar-refractivity contribution in [2.45, 2.75) is 25.4 Å². The minimum atomic E-state index is -5.04. The molecule has 0 unspecified atom stereocenters. The molecule has 1 aliphatic rings. The average Bonchev–Trinajstić information content (AvgIpc) is 3.20. The molecule has 0 aromatic carbocycles. The average molecular weight is 436 g/mol. The number of Topliss-reactive ketones (excluding diaryl/α,β-unsaturated/α-hetero) is 3. The summed E-state index contributed by atoms with van der Waals surface area (Å²) in [5.41, 5.74) is -2.67. The molecule has 0 saturated heterocycles. The largest absolute Gasteiger partial charge is 0.434 e. The van der Waals surface area contributed by atoms with Gasteiger partial charge in [-0.3, -0.25) is 14.4 Å². The van der Waals surface area contributed by atoms with Crippen molar-refractivity contribution in [2.24, 2.45) is 5.92 Å². The maximum Gasteiger partial charge on any atom is 0.434 e. The van der Waals surface area contributed by atoms with Gasteiger partial charge in [0.25, 0.3) is 0 Å². The van der Waals surface area contributed by atoms with Gasteiger partial charge in [0.15, 0.2) is 28.7 Å². The highest BCUT2D eigenvalue weighted by Gasteiger charge is 2.43. The van der Waals surface area contributed by atoms with Gasteiger partial charge in [-0.25, -0.2) is 14.4 Å². The SMILES string of the molecule is O=C1CCCC(=O)C1C(=O)c1cc2cc(F)c(-c3ccsc3)nc2nc1C(F)(F)F. The molecule has 1 saturated carbocycles.